The Kier molecular flexibility index (Phi) is 8.97. The molecule has 3 rings (SSSR count). The molecule has 1 atom stereocenters. The molecule has 0 saturated heterocycles. The van der Waals surface area contributed by atoms with Crippen molar-refractivity contribution in [2.24, 2.45) is 0 Å². The van der Waals surface area contributed by atoms with Gasteiger partial charge in [0, 0.05) is 37.6 Å². The van der Waals surface area contributed by atoms with Crippen LogP contribution in [0.2, 0.25) is 5.02 Å². The third-order valence-corrected chi connectivity index (χ3v) is 6.89. The van der Waals surface area contributed by atoms with E-state index in [-0.39, 0.29) is 13.1 Å². The van der Waals surface area contributed by atoms with Crippen molar-refractivity contribution in [2.45, 2.75) is 19.1 Å². The van der Waals surface area contributed by atoms with Crippen molar-refractivity contribution in [3.05, 3.63) is 101 Å². The zero-order valence-electron chi connectivity index (χ0n) is 19.5. The van der Waals surface area contributed by atoms with Crippen LogP contribution in [-0.4, -0.2) is 54.3 Å². The fourth-order valence-electron chi connectivity index (χ4n) is 3.41. The van der Waals surface area contributed by atoms with E-state index in [2.05, 4.69) is 10.3 Å². The lowest BCUT2D eigenvalue weighted by Crippen LogP contribution is -2.47. The summed E-state index contributed by atoms with van der Waals surface area (Å²) in [5.41, 5.74) is 2.14. The summed E-state index contributed by atoms with van der Waals surface area (Å²) < 4.78 is 24.9. The van der Waals surface area contributed by atoms with Crippen molar-refractivity contribution in [3.8, 4) is 0 Å². The second-order valence-electron chi connectivity index (χ2n) is 8.06. The molecule has 8 nitrogen and oxygen atoms in total. The van der Waals surface area contributed by atoms with Crippen molar-refractivity contribution >= 4 is 33.4 Å². The number of hydrogen-bond acceptors (Lipinski definition) is 5. The van der Waals surface area contributed by atoms with Crippen LogP contribution in [0.25, 0.3) is 0 Å². The Morgan fingerprint density at radius 3 is 2.29 bits per heavy atom. The average Bonchev–Trinajstić information content (AvgIpc) is 2.84. The average molecular weight is 515 g/mol. The molecule has 0 spiro atoms. The molecular formula is C25H27ClN4O4S. The second-order valence-corrected chi connectivity index (χ2v) is 10.6. The predicted molar refractivity (Wildman–Crippen MR) is 135 cm³/mol. The number of aromatic nitrogens is 1. The van der Waals surface area contributed by atoms with Gasteiger partial charge in [0.15, 0.2) is 0 Å². The van der Waals surface area contributed by atoms with Gasteiger partial charge in [0.1, 0.15) is 6.04 Å². The predicted octanol–water partition coefficient (Wildman–Crippen LogP) is 3.01. The Hall–Kier alpha value is -3.27. The number of benzene rings is 2. The van der Waals surface area contributed by atoms with E-state index < -0.39 is 34.4 Å². The molecule has 0 fully saturated rings. The van der Waals surface area contributed by atoms with E-state index in [1.54, 1.807) is 67.0 Å². The summed E-state index contributed by atoms with van der Waals surface area (Å²) >= 11 is 6.02. The molecular weight excluding hydrogens is 488 g/mol. The van der Waals surface area contributed by atoms with E-state index in [9.17, 15) is 18.0 Å². The van der Waals surface area contributed by atoms with Gasteiger partial charge in [0.2, 0.25) is 21.8 Å². The van der Waals surface area contributed by atoms with Crippen LogP contribution in [0.3, 0.4) is 0 Å². The van der Waals surface area contributed by atoms with E-state index >= 15 is 0 Å². The minimum absolute atomic E-state index is 0.0769. The van der Waals surface area contributed by atoms with E-state index in [1.807, 2.05) is 12.1 Å². The van der Waals surface area contributed by atoms with E-state index in [1.165, 1.54) is 11.9 Å². The highest BCUT2D eigenvalue weighted by Gasteiger charge is 2.32. The number of carbonyl (C=O) groups excluding carboxylic acids is 2. The molecule has 0 unspecified atom stereocenters. The summed E-state index contributed by atoms with van der Waals surface area (Å²) in [5, 5.41) is 3.42. The number of hydrogen-bond donors (Lipinski definition) is 1. The Balaban J connectivity index is 1.97. The van der Waals surface area contributed by atoms with Gasteiger partial charge in [0.25, 0.3) is 0 Å². The van der Waals surface area contributed by atoms with Crippen LogP contribution < -0.4 is 5.32 Å². The van der Waals surface area contributed by atoms with Gasteiger partial charge >= 0.3 is 0 Å². The highest BCUT2D eigenvalue weighted by Crippen LogP contribution is 2.25. The summed E-state index contributed by atoms with van der Waals surface area (Å²) in [4.78, 5) is 32.4. The normalized spacial score (nSPS) is 12.2. The largest absolute Gasteiger partial charge is 0.350 e. The number of rotatable bonds is 10. The van der Waals surface area contributed by atoms with Gasteiger partial charge in [-0.15, -0.1) is 0 Å². The fraction of sp³-hybridized carbons (Fsp3) is 0.240. The van der Waals surface area contributed by atoms with Gasteiger partial charge in [0.05, 0.1) is 12.8 Å². The number of carbonyl (C=O) groups is 2. The van der Waals surface area contributed by atoms with Crippen molar-refractivity contribution in [1.29, 1.82) is 0 Å². The van der Waals surface area contributed by atoms with E-state index in [0.717, 1.165) is 21.7 Å². The topological polar surface area (TPSA) is 99.7 Å². The number of halogens is 1. The standard InChI is InChI=1S/C25H27ClN4O4S/c1-29(35(2,33)34)18-23(31)30(17-19-10-12-22(26)13-11-19)24(21-8-4-3-5-9-21)25(32)28-16-20-7-6-14-27-15-20/h3-15,24H,16-18H2,1-2H3,(H,28,32)/t24-/m0/s1. The second kappa shape index (κ2) is 11.9. The first-order valence-corrected chi connectivity index (χ1v) is 13.0. The molecule has 0 radical (unpaired) electrons. The third-order valence-electron chi connectivity index (χ3n) is 5.38. The number of sulfonamides is 1. The Morgan fingerprint density at radius 1 is 1.00 bits per heavy atom. The maximum absolute atomic E-state index is 13.5. The first-order chi connectivity index (χ1) is 16.6. The minimum atomic E-state index is -3.61. The molecule has 184 valence electrons. The lowest BCUT2D eigenvalue weighted by molar-refractivity contribution is -0.141. The molecule has 35 heavy (non-hydrogen) atoms. The molecule has 0 aliphatic rings. The van der Waals surface area contributed by atoms with Crippen molar-refractivity contribution in [2.75, 3.05) is 19.8 Å². The smallest absolute Gasteiger partial charge is 0.247 e. The van der Waals surface area contributed by atoms with Gasteiger partial charge in [-0.05, 0) is 34.9 Å². The fourth-order valence-corrected chi connectivity index (χ4v) is 3.88. The van der Waals surface area contributed by atoms with Crippen molar-refractivity contribution in [3.63, 3.8) is 0 Å². The molecule has 3 aromatic rings. The molecule has 1 N–H and O–H groups in total. The Labute approximate surface area is 210 Å². The summed E-state index contributed by atoms with van der Waals surface area (Å²) in [6.45, 7) is -0.110. The quantitative estimate of drug-likeness (QED) is 0.448. The van der Waals surface area contributed by atoms with Gasteiger partial charge in [-0.3, -0.25) is 14.6 Å². The number of amides is 2. The lowest BCUT2D eigenvalue weighted by atomic mass is 10.0. The molecule has 0 saturated carbocycles. The highest BCUT2D eigenvalue weighted by molar-refractivity contribution is 7.88. The van der Waals surface area contributed by atoms with Gasteiger partial charge in [-0.1, -0.05) is 60.1 Å². The molecule has 2 amide bonds. The maximum atomic E-state index is 13.5. The summed E-state index contributed by atoms with van der Waals surface area (Å²) in [5.74, 6) is -0.914. The van der Waals surface area contributed by atoms with Crippen LogP contribution in [0.4, 0.5) is 0 Å². The molecule has 2 aromatic carbocycles. The lowest BCUT2D eigenvalue weighted by Gasteiger charge is -2.32. The van der Waals surface area contributed by atoms with Crippen LogP contribution in [0.5, 0.6) is 0 Å². The molecule has 1 heterocycles. The molecule has 10 heteroatoms. The Morgan fingerprint density at radius 2 is 1.69 bits per heavy atom. The SMILES string of the molecule is CN(CC(=O)N(Cc1ccc(Cl)cc1)[C@H](C(=O)NCc1cccnc1)c1ccccc1)S(C)(=O)=O. The Bertz CT molecular complexity index is 1240. The molecule has 0 bridgehead atoms. The molecule has 0 aliphatic heterocycles. The van der Waals surface area contributed by atoms with Crippen LogP contribution in [0.15, 0.2) is 79.1 Å². The highest BCUT2D eigenvalue weighted by atomic mass is 35.5. The number of nitrogens with one attached hydrogen (secondary N) is 1. The van der Waals surface area contributed by atoms with Gasteiger partial charge in [-0.25, -0.2) is 8.42 Å². The van der Waals surface area contributed by atoms with Gasteiger partial charge in [-0.2, -0.15) is 4.31 Å². The first-order valence-electron chi connectivity index (χ1n) is 10.8. The van der Waals surface area contributed by atoms with Crippen LogP contribution in [0.1, 0.15) is 22.7 Å². The summed E-state index contributed by atoms with van der Waals surface area (Å²) in [7, 11) is -2.28. The van der Waals surface area contributed by atoms with Crippen molar-refractivity contribution in [1.82, 2.24) is 19.5 Å². The first kappa shape index (κ1) is 26.3. The molecule has 1 aromatic heterocycles. The monoisotopic (exact) mass is 514 g/mol. The van der Waals surface area contributed by atoms with Crippen LogP contribution in [0, 0.1) is 0 Å². The van der Waals surface area contributed by atoms with Crippen LogP contribution in [-0.2, 0) is 32.7 Å². The number of nitrogens with zero attached hydrogens (tertiary/aromatic N) is 3. The summed E-state index contributed by atoms with van der Waals surface area (Å²) in [6.07, 6.45) is 4.32. The van der Waals surface area contributed by atoms with E-state index in [0.29, 0.717) is 10.6 Å². The zero-order valence-corrected chi connectivity index (χ0v) is 21.0. The van der Waals surface area contributed by atoms with Crippen LogP contribution >= 0.6 is 11.6 Å². The third kappa shape index (κ3) is 7.61. The molecule has 0 aliphatic carbocycles. The maximum Gasteiger partial charge on any atom is 0.247 e. The minimum Gasteiger partial charge on any atom is -0.350 e. The summed E-state index contributed by atoms with van der Waals surface area (Å²) in [6, 6.07) is 18.4. The number of likely N-dealkylation sites (N-methyl/N-ethyl adjacent to an activating group) is 1. The van der Waals surface area contributed by atoms with Crippen molar-refractivity contribution < 1.29 is 18.0 Å². The van der Waals surface area contributed by atoms with E-state index in [4.69, 9.17) is 11.6 Å². The number of pyridine rings is 1. The van der Waals surface area contributed by atoms with Gasteiger partial charge < -0.3 is 10.2 Å². The zero-order chi connectivity index (χ0) is 25.4.